The minimum Gasteiger partial charge on any atom is -0.416 e. The van der Waals surface area contributed by atoms with Gasteiger partial charge in [-0.2, -0.15) is 0 Å². The van der Waals surface area contributed by atoms with Gasteiger partial charge in [0.15, 0.2) is 0 Å². The maximum Gasteiger partial charge on any atom is 0.412 e. The van der Waals surface area contributed by atoms with Crippen molar-refractivity contribution in [1.82, 2.24) is 4.90 Å². The molecule has 1 aliphatic carbocycles. The van der Waals surface area contributed by atoms with Crippen LogP contribution in [-0.4, -0.2) is 49.2 Å². The number of epoxide rings is 1. The molecule has 0 radical (unpaired) electrons. The number of morpholine rings is 1. The van der Waals surface area contributed by atoms with Crippen molar-refractivity contribution in [3.8, 4) is 0 Å². The first kappa shape index (κ1) is 11.3. The molecule has 1 atom stereocenters. The summed E-state index contributed by atoms with van der Waals surface area (Å²) in [5, 5.41) is 0. The molecule has 2 heterocycles. The third-order valence-electron chi connectivity index (χ3n) is 3.89. The second-order valence-electron chi connectivity index (χ2n) is 5.06. The maximum absolute atomic E-state index is 11.8. The highest BCUT2D eigenvalue weighted by atomic mass is 16.8. The molecule has 5 nitrogen and oxygen atoms in total. The Balaban J connectivity index is 1.49. The number of ether oxygens (including phenoxy) is 3. The minimum absolute atomic E-state index is 0.125. The van der Waals surface area contributed by atoms with Gasteiger partial charge in [0.2, 0.25) is 6.29 Å². The Hall–Kier alpha value is -0.810. The predicted molar refractivity (Wildman–Crippen MR) is 59.6 cm³/mol. The fraction of sp³-hybridized carbons (Fsp3) is 0.917. The van der Waals surface area contributed by atoms with Crippen LogP contribution in [0.25, 0.3) is 0 Å². The molecule has 1 amide bonds. The van der Waals surface area contributed by atoms with Crippen LogP contribution in [0.3, 0.4) is 0 Å². The maximum atomic E-state index is 11.8. The molecule has 0 N–H and O–H groups in total. The van der Waals surface area contributed by atoms with E-state index in [4.69, 9.17) is 14.2 Å². The first-order chi connectivity index (χ1) is 8.30. The number of nitrogens with zero attached hydrogens (tertiary/aromatic N) is 1. The summed E-state index contributed by atoms with van der Waals surface area (Å²) in [5.41, 5.74) is -0.125. The fourth-order valence-electron chi connectivity index (χ4n) is 2.73. The Kier molecular flexibility index (Phi) is 2.96. The molecule has 2 aliphatic heterocycles. The van der Waals surface area contributed by atoms with Crippen molar-refractivity contribution in [1.29, 1.82) is 0 Å². The van der Waals surface area contributed by atoms with Crippen LogP contribution in [-0.2, 0) is 14.2 Å². The molecule has 0 aromatic heterocycles. The van der Waals surface area contributed by atoms with E-state index in [0.717, 1.165) is 12.8 Å². The van der Waals surface area contributed by atoms with E-state index in [9.17, 15) is 4.79 Å². The predicted octanol–water partition coefficient (Wildman–Crippen LogP) is 1.51. The van der Waals surface area contributed by atoms with Gasteiger partial charge in [0.05, 0.1) is 13.2 Å². The number of amides is 1. The second-order valence-corrected chi connectivity index (χ2v) is 5.06. The molecule has 3 rings (SSSR count). The summed E-state index contributed by atoms with van der Waals surface area (Å²) < 4.78 is 16.2. The van der Waals surface area contributed by atoms with Gasteiger partial charge in [0, 0.05) is 13.1 Å². The van der Waals surface area contributed by atoms with Gasteiger partial charge in [0.1, 0.15) is 5.60 Å². The number of carbonyl (C=O) groups is 1. The van der Waals surface area contributed by atoms with E-state index >= 15 is 0 Å². The summed E-state index contributed by atoms with van der Waals surface area (Å²) in [4.78, 5) is 13.5. The smallest absolute Gasteiger partial charge is 0.412 e. The van der Waals surface area contributed by atoms with Crippen LogP contribution in [0, 0.1) is 0 Å². The van der Waals surface area contributed by atoms with Crippen LogP contribution in [0.1, 0.15) is 32.1 Å². The van der Waals surface area contributed by atoms with Crippen molar-refractivity contribution < 1.29 is 19.0 Å². The topological polar surface area (TPSA) is 51.3 Å². The van der Waals surface area contributed by atoms with E-state index in [1.807, 2.05) is 0 Å². The van der Waals surface area contributed by atoms with E-state index in [0.29, 0.717) is 26.3 Å². The van der Waals surface area contributed by atoms with Gasteiger partial charge >= 0.3 is 6.09 Å². The van der Waals surface area contributed by atoms with Crippen LogP contribution in [0.15, 0.2) is 0 Å². The van der Waals surface area contributed by atoms with Gasteiger partial charge in [-0.1, -0.05) is 19.3 Å². The first-order valence-electron chi connectivity index (χ1n) is 6.51. The summed E-state index contributed by atoms with van der Waals surface area (Å²) in [7, 11) is 0. The summed E-state index contributed by atoms with van der Waals surface area (Å²) in [6.45, 7) is 2.45. The highest BCUT2D eigenvalue weighted by Gasteiger charge is 2.59. The van der Waals surface area contributed by atoms with Crippen LogP contribution in [0.4, 0.5) is 4.79 Å². The standard InChI is InChI=1S/C12H19NO4/c14-11(13-6-8-15-9-7-13)16-10-12(17-10)4-2-1-3-5-12/h10H,1-9H2. The molecule has 17 heavy (non-hydrogen) atoms. The molecule has 0 aromatic carbocycles. The van der Waals surface area contributed by atoms with Crippen molar-refractivity contribution >= 4 is 6.09 Å². The van der Waals surface area contributed by atoms with Gasteiger partial charge < -0.3 is 19.1 Å². The average molecular weight is 241 g/mol. The quantitative estimate of drug-likeness (QED) is 0.653. The third kappa shape index (κ3) is 2.26. The van der Waals surface area contributed by atoms with Crippen LogP contribution < -0.4 is 0 Å². The van der Waals surface area contributed by atoms with Gasteiger partial charge in [0.25, 0.3) is 0 Å². The van der Waals surface area contributed by atoms with E-state index < -0.39 is 0 Å². The lowest BCUT2D eigenvalue weighted by Gasteiger charge is -2.26. The normalized spacial score (nSPS) is 31.3. The van der Waals surface area contributed by atoms with E-state index in [1.54, 1.807) is 4.90 Å². The Morgan fingerprint density at radius 2 is 1.88 bits per heavy atom. The summed E-state index contributed by atoms with van der Waals surface area (Å²) >= 11 is 0. The molecular formula is C12H19NO4. The van der Waals surface area contributed by atoms with Gasteiger partial charge in [-0.05, 0) is 12.8 Å². The molecule has 1 unspecified atom stereocenters. The highest BCUT2D eigenvalue weighted by molar-refractivity contribution is 5.68. The molecule has 5 heteroatoms. The Bertz CT molecular complexity index is 295. The molecule has 0 bridgehead atoms. The first-order valence-corrected chi connectivity index (χ1v) is 6.51. The molecule has 3 fully saturated rings. The van der Waals surface area contributed by atoms with Crippen molar-refractivity contribution in [2.75, 3.05) is 26.3 Å². The number of hydrogen-bond acceptors (Lipinski definition) is 4. The number of hydrogen-bond donors (Lipinski definition) is 0. The molecule has 3 aliphatic rings. The zero-order valence-corrected chi connectivity index (χ0v) is 10.0. The van der Waals surface area contributed by atoms with Gasteiger partial charge in [-0.15, -0.1) is 0 Å². The summed E-state index contributed by atoms with van der Waals surface area (Å²) in [6, 6.07) is 0. The molecule has 1 spiro atoms. The van der Waals surface area contributed by atoms with E-state index in [1.165, 1.54) is 19.3 Å². The second kappa shape index (κ2) is 4.46. The van der Waals surface area contributed by atoms with Crippen LogP contribution in [0.5, 0.6) is 0 Å². The Labute approximate surface area is 101 Å². The Morgan fingerprint density at radius 1 is 1.18 bits per heavy atom. The molecule has 2 saturated heterocycles. The largest absolute Gasteiger partial charge is 0.416 e. The monoisotopic (exact) mass is 241 g/mol. The summed E-state index contributed by atoms with van der Waals surface area (Å²) in [5.74, 6) is 0. The fourth-order valence-corrected chi connectivity index (χ4v) is 2.73. The van der Waals surface area contributed by atoms with Crippen LogP contribution in [0.2, 0.25) is 0 Å². The van der Waals surface area contributed by atoms with E-state index in [-0.39, 0.29) is 18.0 Å². The lowest BCUT2D eigenvalue weighted by atomic mass is 9.89. The Morgan fingerprint density at radius 3 is 2.59 bits per heavy atom. The number of rotatable bonds is 1. The zero-order chi connectivity index (χ0) is 11.7. The summed E-state index contributed by atoms with van der Waals surface area (Å²) in [6.07, 6.45) is 5.17. The van der Waals surface area contributed by atoms with Crippen molar-refractivity contribution in [2.45, 2.75) is 44.0 Å². The van der Waals surface area contributed by atoms with E-state index in [2.05, 4.69) is 0 Å². The molecule has 1 saturated carbocycles. The number of carbonyl (C=O) groups excluding carboxylic acids is 1. The third-order valence-corrected chi connectivity index (χ3v) is 3.89. The molecular weight excluding hydrogens is 222 g/mol. The van der Waals surface area contributed by atoms with Crippen molar-refractivity contribution in [3.05, 3.63) is 0 Å². The van der Waals surface area contributed by atoms with Crippen LogP contribution >= 0.6 is 0 Å². The SMILES string of the molecule is O=C(OC1OC12CCCCC2)N1CCOCC1. The minimum atomic E-state index is -0.293. The highest BCUT2D eigenvalue weighted by Crippen LogP contribution is 2.48. The van der Waals surface area contributed by atoms with Gasteiger partial charge in [-0.3, -0.25) is 0 Å². The zero-order valence-electron chi connectivity index (χ0n) is 10.0. The molecule has 0 aromatic rings. The van der Waals surface area contributed by atoms with Crippen molar-refractivity contribution in [2.24, 2.45) is 0 Å². The average Bonchev–Trinajstić information content (AvgIpc) is 3.03. The molecule has 96 valence electrons. The van der Waals surface area contributed by atoms with Crippen molar-refractivity contribution in [3.63, 3.8) is 0 Å². The van der Waals surface area contributed by atoms with Gasteiger partial charge in [-0.25, -0.2) is 4.79 Å². The lowest BCUT2D eigenvalue weighted by Crippen LogP contribution is -2.41. The lowest BCUT2D eigenvalue weighted by molar-refractivity contribution is 0.0122.